The predicted molar refractivity (Wildman–Crippen MR) is 114 cm³/mol. The fourth-order valence-electron chi connectivity index (χ4n) is 3.38. The lowest BCUT2D eigenvalue weighted by Crippen LogP contribution is -2.42. The molecule has 0 bridgehead atoms. The number of hydrogen-bond acceptors (Lipinski definition) is 4. The molecule has 2 N–H and O–H groups in total. The number of ether oxygens (including phenoxy) is 1. The molecule has 0 radical (unpaired) electrons. The Morgan fingerprint density at radius 1 is 1.15 bits per heavy atom. The minimum absolute atomic E-state index is 0.705. The third kappa shape index (κ3) is 6.26. The number of hydrogen-bond donors (Lipinski definition) is 2. The summed E-state index contributed by atoms with van der Waals surface area (Å²) in [6, 6.07) is 10.6. The molecule has 5 nitrogen and oxygen atoms in total. The van der Waals surface area contributed by atoms with Crippen LogP contribution in [-0.2, 0) is 13.1 Å². The minimum atomic E-state index is 0.705. The van der Waals surface area contributed by atoms with Gasteiger partial charge in [-0.05, 0) is 71.9 Å². The number of benzene rings is 1. The van der Waals surface area contributed by atoms with Crippen LogP contribution in [0.25, 0.3) is 0 Å². The van der Waals surface area contributed by atoms with Gasteiger partial charge in [0.2, 0.25) is 0 Å². The van der Waals surface area contributed by atoms with Crippen LogP contribution in [0.1, 0.15) is 24.0 Å². The Balaban J connectivity index is 1.35. The third-order valence-corrected chi connectivity index (χ3v) is 5.83. The molecule has 1 aliphatic rings. The summed E-state index contributed by atoms with van der Waals surface area (Å²) in [6.45, 7) is 5.13. The monoisotopic (exact) mass is 386 g/mol. The highest BCUT2D eigenvalue weighted by atomic mass is 32.1. The first-order chi connectivity index (χ1) is 13.3. The Labute approximate surface area is 166 Å². The second-order valence-corrected chi connectivity index (χ2v) is 7.79. The van der Waals surface area contributed by atoms with Gasteiger partial charge in [-0.3, -0.25) is 9.89 Å². The molecule has 3 rings (SSSR count). The largest absolute Gasteiger partial charge is 0.497 e. The molecule has 146 valence electrons. The lowest BCUT2D eigenvalue weighted by atomic mass is 9.96. The van der Waals surface area contributed by atoms with Crippen molar-refractivity contribution < 1.29 is 4.74 Å². The second kappa shape index (κ2) is 10.3. The summed E-state index contributed by atoms with van der Waals surface area (Å²) in [6.07, 6.45) is 2.45. The molecule has 0 spiro atoms. The first-order valence-electron chi connectivity index (χ1n) is 9.57. The normalized spacial score (nSPS) is 16.3. The molecule has 27 heavy (non-hydrogen) atoms. The van der Waals surface area contributed by atoms with Crippen LogP contribution in [0.15, 0.2) is 46.1 Å². The number of rotatable bonds is 7. The van der Waals surface area contributed by atoms with Crippen molar-refractivity contribution in [1.82, 2.24) is 15.5 Å². The van der Waals surface area contributed by atoms with Crippen molar-refractivity contribution in [1.29, 1.82) is 0 Å². The maximum absolute atomic E-state index is 5.23. The van der Waals surface area contributed by atoms with E-state index in [-0.39, 0.29) is 0 Å². The van der Waals surface area contributed by atoms with E-state index in [2.05, 4.69) is 49.5 Å². The summed E-state index contributed by atoms with van der Waals surface area (Å²) < 4.78 is 5.23. The first-order valence-corrected chi connectivity index (χ1v) is 10.5. The van der Waals surface area contributed by atoms with Crippen LogP contribution in [0.4, 0.5) is 0 Å². The van der Waals surface area contributed by atoms with Gasteiger partial charge in [0, 0.05) is 26.7 Å². The van der Waals surface area contributed by atoms with Crippen molar-refractivity contribution in [3.63, 3.8) is 0 Å². The number of nitrogens with one attached hydrogen (secondary N) is 2. The van der Waals surface area contributed by atoms with Crippen LogP contribution in [0.3, 0.4) is 0 Å². The summed E-state index contributed by atoms with van der Waals surface area (Å²) in [7, 11) is 3.54. The van der Waals surface area contributed by atoms with E-state index in [0.29, 0.717) is 5.92 Å². The van der Waals surface area contributed by atoms with Gasteiger partial charge in [-0.15, -0.1) is 0 Å². The molecule has 0 atom stereocenters. The van der Waals surface area contributed by atoms with Crippen LogP contribution in [0.2, 0.25) is 0 Å². The van der Waals surface area contributed by atoms with E-state index in [0.717, 1.165) is 44.4 Å². The smallest absolute Gasteiger partial charge is 0.191 e. The summed E-state index contributed by atoms with van der Waals surface area (Å²) in [4.78, 5) is 6.88. The predicted octanol–water partition coefficient (Wildman–Crippen LogP) is 3.33. The minimum Gasteiger partial charge on any atom is -0.497 e. The van der Waals surface area contributed by atoms with Crippen LogP contribution < -0.4 is 15.4 Å². The van der Waals surface area contributed by atoms with Gasteiger partial charge in [0.1, 0.15) is 5.75 Å². The van der Waals surface area contributed by atoms with Gasteiger partial charge in [0.05, 0.1) is 7.11 Å². The van der Waals surface area contributed by atoms with Crippen molar-refractivity contribution >= 4 is 17.3 Å². The maximum Gasteiger partial charge on any atom is 0.191 e. The van der Waals surface area contributed by atoms with Crippen molar-refractivity contribution in [2.24, 2.45) is 10.9 Å². The van der Waals surface area contributed by atoms with Gasteiger partial charge in [0.15, 0.2) is 5.96 Å². The topological polar surface area (TPSA) is 48.9 Å². The highest BCUT2D eigenvalue weighted by Gasteiger charge is 2.19. The maximum atomic E-state index is 5.23. The zero-order valence-electron chi connectivity index (χ0n) is 16.3. The van der Waals surface area contributed by atoms with Crippen LogP contribution in [0.5, 0.6) is 5.75 Å². The zero-order chi connectivity index (χ0) is 18.9. The molecule has 0 unspecified atom stereocenters. The zero-order valence-corrected chi connectivity index (χ0v) is 17.1. The molecule has 0 amide bonds. The number of aliphatic imine (C=N–C) groups is 1. The van der Waals surface area contributed by atoms with Crippen molar-refractivity contribution in [2.45, 2.75) is 25.9 Å². The molecule has 1 fully saturated rings. The number of methoxy groups -OCH3 is 1. The van der Waals surface area contributed by atoms with E-state index < -0.39 is 0 Å². The number of thiophene rings is 1. The third-order valence-electron chi connectivity index (χ3n) is 5.09. The summed E-state index contributed by atoms with van der Waals surface area (Å²) >= 11 is 1.73. The van der Waals surface area contributed by atoms with E-state index in [1.165, 1.54) is 24.0 Å². The number of likely N-dealkylation sites (tertiary alicyclic amines) is 1. The van der Waals surface area contributed by atoms with Gasteiger partial charge in [0.25, 0.3) is 0 Å². The Morgan fingerprint density at radius 2 is 1.93 bits per heavy atom. The summed E-state index contributed by atoms with van der Waals surface area (Å²) in [5, 5.41) is 11.1. The lowest BCUT2D eigenvalue weighted by Gasteiger charge is -2.32. The van der Waals surface area contributed by atoms with Gasteiger partial charge < -0.3 is 15.4 Å². The molecular weight excluding hydrogens is 356 g/mol. The van der Waals surface area contributed by atoms with Crippen molar-refractivity contribution in [3.05, 3.63) is 52.2 Å². The van der Waals surface area contributed by atoms with E-state index in [1.54, 1.807) is 18.4 Å². The molecule has 1 saturated heterocycles. The van der Waals surface area contributed by atoms with Gasteiger partial charge in [-0.25, -0.2) is 0 Å². The highest BCUT2D eigenvalue weighted by molar-refractivity contribution is 7.07. The van der Waals surface area contributed by atoms with Crippen LogP contribution in [-0.4, -0.2) is 44.7 Å². The first kappa shape index (κ1) is 19.7. The molecule has 2 heterocycles. The van der Waals surface area contributed by atoms with E-state index in [1.807, 2.05) is 19.2 Å². The molecular formula is C21H30N4OS. The number of piperidine rings is 1. The van der Waals surface area contributed by atoms with Gasteiger partial charge in [-0.2, -0.15) is 11.3 Å². The highest BCUT2D eigenvalue weighted by Crippen LogP contribution is 2.19. The average Bonchev–Trinajstić information content (AvgIpc) is 3.23. The van der Waals surface area contributed by atoms with Crippen LogP contribution >= 0.6 is 11.3 Å². The van der Waals surface area contributed by atoms with E-state index >= 15 is 0 Å². The Kier molecular flexibility index (Phi) is 7.54. The number of nitrogens with zero attached hydrogens (tertiary/aromatic N) is 2. The summed E-state index contributed by atoms with van der Waals surface area (Å²) in [5.41, 5.74) is 2.65. The fourth-order valence-corrected chi connectivity index (χ4v) is 4.05. The standard InChI is InChI=1S/C21H30N4OS/c1-22-21(24-14-19-9-12-27-16-19)23-13-17-7-10-25(11-8-17)15-18-3-5-20(26-2)6-4-18/h3-6,9,12,16-17H,7-8,10-11,13-15H2,1-2H3,(H2,22,23,24). The number of guanidine groups is 1. The summed E-state index contributed by atoms with van der Waals surface area (Å²) in [5.74, 6) is 2.52. The second-order valence-electron chi connectivity index (χ2n) is 7.01. The SMILES string of the molecule is CN=C(NCc1ccsc1)NCC1CCN(Cc2ccc(OC)cc2)CC1. The average molecular weight is 387 g/mol. The van der Waals surface area contributed by atoms with E-state index in [9.17, 15) is 0 Å². The fraction of sp³-hybridized carbons (Fsp3) is 0.476. The Hall–Kier alpha value is -2.05. The van der Waals surface area contributed by atoms with Crippen LogP contribution in [0, 0.1) is 5.92 Å². The van der Waals surface area contributed by atoms with E-state index in [4.69, 9.17) is 4.74 Å². The molecule has 2 aromatic rings. The Morgan fingerprint density at radius 3 is 2.56 bits per heavy atom. The lowest BCUT2D eigenvalue weighted by molar-refractivity contribution is 0.178. The molecule has 0 saturated carbocycles. The quantitative estimate of drug-likeness (QED) is 0.566. The van der Waals surface area contributed by atoms with Crippen molar-refractivity contribution in [3.8, 4) is 5.75 Å². The Bertz CT molecular complexity index is 691. The van der Waals surface area contributed by atoms with Gasteiger partial charge >= 0.3 is 0 Å². The molecule has 1 aromatic carbocycles. The molecule has 6 heteroatoms. The molecule has 1 aliphatic heterocycles. The van der Waals surface area contributed by atoms with Gasteiger partial charge in [-0.1, -0.05) is 12.1 Å². The van der Waals surface area contributed by atoms with Crippen molar-refractivity contribution in [2.75, 3.05) is 33.8 Å². The molecule has 0 aliphatic carbocycles. The molecule has 1 aromatic heterocycles.